The molecule has 180 valence electrons. The number of amides is 1. The number of fused-ring (bicyclic) bond motifs is 1. The number of halogens is 6. The molecule has 0 bridgehead atoms. The van der Waals surface area contributed by atoms with Gasteiger partial charge in [0.15, 0.2) is 0 Å². The Bertz CT molecular complexity index is 1350. The van der Waals surface area contributed by atoms with Crippen LogP contribution in [-0.4, -0.2) is 22.2 Å². The fourth-order valence-corrected chi connectivity index (χ4v) is 3.48. The quantitative estimate of drug-likeness (QED) is 0.345. The Morgan fingerprint density at radius 2 is 1.54 bits per heavy atom. The zero-order valence-corrected chi connectivity index (χ0v) is 17.6. The summed E-state index contributed by atoms with van der Waals surface area (Å²) in [6.07, 6.45) is -7.08. The fraction of sp³-hybridized carbons (Fsp3) is 0.125. The van der Waals surface area contributed by atoms with Crippen molar-refractivity contribution in [3.05, 3.63) is 102 Å². The molecule has 2 heterocycles. The highest BCUT2D eigenvalue weighted by Crippen LogP contribution is 2.36. The van der Waals surface area contributed by atoms with E-state index in [1.165, 1.54) is 18.3 Å². The largest absolute Gasteiger partial charge is 0.573 e. The van der Waals surface area contributed by atoms with Crippen molar-refractivity contribution < 1.29 is 35.9 Å². The second kappa shape index (κ2) is 9.24. The van der Waals surface area contributed by atoms with E-state index in [0.717, 1.165) is 48.0 Å². The van der Waals surface area contributed by atoms with Crippen LogP contribution < -0.4 is 10.1 Å². The van der Waals surface area contributed by atoms with E-state index >= 15 is 0 Å². The lowest BCUT2D eigenvalue weighted by molar-refractivity contribution is -0.274. The molecule has 4 aromatic rings. The lowest BCUT2D eigenvalue weighted by Gasteiger charge is -2.23. The van der Waals surface area contributed by atoms with E-state index in [2.05, 4.69) is 20.0 Å². The first-order valence-electron chi connectivity index (χ1n) is 10.0. The van der Waals surface area contributed by atoms with Crippen LogP contribution in [0, 0.1) is 0 Å². The molecule has 0 saturated heterocycles. The standard InChI is InChI=1S/C24H15F6N3O2/c25-23(26,27)18-4-2-12-32-21(18)20(15-7-9-17(10-8-15)35-24(28,29)30)33-22(34)16-6-5-14-3-1-11-31-19(14)13-16/h1-13,20H,(H,33,34)/t20-/m0/s1. The molecule has 0 aliphatic carbocycles. The zero-order valence-electron chi connectivity index (χ0n) is 17.6. The van der Waals surface area contributed by atoms with Crippen molar-refractivity contribution in [1.82, 2.24) is 15.3 Å². The Morgan fingerprint density at radius 1 is 0.857 bits per heavy atom. The van der Waals surface area contributed by atoms with Crippen LogP contribution in [0.3, 0.4) is 0 Å². The highest BCUT2D eigenvalue weighted by Gasteiger charge is 2.37. The molecular formula is C24H15F6N3O2. The van der Waals surface area contributed by atoms with E-state index in [1.807, 2.05) is 0 Å². The number of carbonyl (C=O) groups excluding carboxylic acids is 1. The van der Waals surface area contributed by atoms with Crippen LogP contribution in [-0.2, 0) is 6.18 Å². The summed E-state index contributed by atoms with van der Waals surface area (Å²) in [5, 5.41) is 3.27. The molecule has 2 aromatic carbocycles. The van der Waals surface area contributed by atoms with E-state index in [-0.39, 0.29) is 11.1 Å². The summed E-state index contributed by atoms with van der Waals surface area (Å²) < 4.78 is 82.4. The smallest absolute Gasteiger partial charge is 0.406 e. The summed E-state index contributed by atoms with van der Waals surface area (Å²) in [5.74, 6) is -1.29. The van der Waals surface area contributed by atoms with E-state index in [9.17, 15) is 31.1 Å². The molecule has 0 radical (unpaired) electrons. The molecule has 0 fully saturated rings. The van der Waals surface area contributed by atoms with Crippen molar-refractivity contribution in [2.24, 2.45) is 0 Å². The first-order valence-corrected chi connectivity index (χ1v) is 10.0. The van der Waals surface area contributed by atoms with Crippen LogP contribution in [0.15, 0.2) is 79.1 Å². The van der Waals surface area contributed by atoms with Gasteiger partial charge in [-0.2, -0.15) is 13.2 Å². The van der Waals surface area contributed by atoms with Crippen LogP contribution >= 0.6 is 0 Å². The molecule has 0 aliphatic rings. The average Bonchev–Trinajstić information content (AvgIpc) is 2.81. The van der Waals surface area contributed by atoms with Gasteiger partial charge in [-0.1, -0.05) is 24.3 Å². The highest BCUT2D eigenvalue weighted by atomic mass is 19.4. The van der Waals surface area contributed by atoms with Crippen LogP contribution in [0.2, 0.25) is 0 Å². The van der Waals surface area contributed by atoms with Crippen LogP contribution in [0.25, 0.3) is 10.9 Å². The van der Waals surface area contributed by atoms with Gasteiger partial charge in [0.2, 0.25) is 0 Å². The van der Waals surface area contributed by atoms with Gasteiger partial charge < -0.3 is 10.1 Å². The van der Waals surface area contributed by atoms with Crippen molar-refractivity contribution in [2.75, 3.05) is 0 Å². The molecule has 1 atom stereocenters. The molecule has 4 rings (SSSR count). The second-order valence-electron chi connectivity index (χ2n) is 7.37. The molecule has 5 nitrogen and oxygen atoms in total. The number of rotatable bonds is 5. The third-order valence-electron chi connectivity index (χ3n) is 5.01. The summed E-state index contributed by atoms with van der Waals surface area (Å²) >= 11 is 0. The van der Waals surface area contributed by atoms with Crippen LogP contribution in [0.1, 0.15) is 33.2 Å². The van der Waals surface area contributed by atoms with Crippen molar-refractivity contribution >= 4 is 16.8 Å². The predicted molar refractivity (Wildman–Crippen MR) is 113 cm³/mol. The first kappa shape index (κ1) is 24.0. The number of nitrogens with zero attached hydrogens (tertiary/aromatic N) is 2. The maximum absolute atomic E-state index is 13.7. The summed E-state index contributed by atoms with van der Waals surface area (Å²) in [5.41, 5.74) is -0.921. The number of ether oxygens (including phenoxy) is 1. The number of aromatic nitrogens is 2. The lowest BCUT2D eigenvalue weighted by Crippen LogP contribution is -2.31. The Morgan fingerprint density at radius 3 is 2.23 bits per heavy atom. The summed E-state index contributed by atoms with van der Waals surface area (Å²) in [6.45, 7) is 0. The van der Waals surface area contributed by atoms with Gasteiger partial charge in [-0.25, -0.2) is 0 Å². The molecule has 0 saturated carbocycles. The number of hydrogen-bond donors (Lipinski definition) is 1. The van der Waals surface area contributed by atoms with Crippen LogP contribution in [0.4, 0.5) is 26.3 Å². The SMILES string of the molecule is O=C(N[C@@H](c1ccc(OC(F)(F)F)cc1)c1ncccc1C(F)(F)F)c1ccc2cccnc2c1. The number of alkyl halides is 6. The third-order valence-corrected chi connectivity index (χ3v) is 5.01. The van der Waals surface area contributed by atoms with E-state index in [1.54, 1.807) is 18.2 Å². The number of nitrogens with one attached hydrogen (secondary N) is 1. The third kappa shape index (κ3) is 5.68. The van der Waals surface area contributed by atoms with Gasteiger partial charge in [0.1, 0.15) is 5.75 Å². The van der Waals surface area contributed by atoms with Crippen molar-refractivity contribution in [3.8, 4) is 5.75 Å². The van der Waals surface area contributed by atoms with E-state index < -0.39 is 41.5 Å². The molecule has 1 amide bonds. The van der Waals surface area contributed by atoms with E-state index in [0.29, 0.717) is 5.52 Å². The minimum Gasteiger partial charge on any atom is -0.406 e. The maximum atomic E-state index is 13.7. The molecule has 11 heteroatoms. The number of pyridine rings is 2. The fourth-order valence-electron chi connectivity index (χ4n) is 3.48. The van der Waals surface area contributed by atoms with Gasteiger partial charge in [-0.15, -0.1) is 13.2 Å². The monoisotopic (exact) mass is 491 g/mol. The molecule has 1 N–H and O–H groups in total. The van der Waals surface area contributed by atoms with Gasteiger partial charge in [-0.3, -0.25) is 14.8 Å². The molecule has 0 spiro atoms. The highest BCUT2D eigenvalue weighted by molar-refractivity contribution is 5.98. The molecular weight excluding hydrogens is 476 g/mol. The Kier molecular flexibility index (Phi) is 6.33. The average molecular weight is 491 g/mol. The van der Waals surface area contributed by atoms with Crippen molar-refractivity contribution in [1.29, 1.82) is 0 Å². The maximum Gasteiger partial charge on any atom is 0.573 e. The Labute approximate surface area is 194 Å². The van der Waals surface area contributed by atoms with Gasteiger partial charge in [0.25, 0.3) is 5.91 Å². The number of hydrogen-bond acceptors (Lipinski definition) is 4. The molecule has 0 aliphatic heterocycles. The van der Waals surface area contributed by atoms with Gasteiger partial charge in [0, 0.05) is 23.3 Å². The number of carbonyl (C=O) groups is 1. The minimum atomic E-state index is -4.94. The molecule has 35 heavy (non-hydrogen) atoms. The number of benzene rings is 2. The first-order chi connectivity index (χ1) is 16.5. The Hall–Kier alpha value is -4.15. The van der Waals surface area contributed by atoms with Crippen LogP contribution in [0.5, 0.6) is 5.75 Å². The van der Waals surface area contributed by atoms with Gasteiger partial charge in [-0.05, 0) is 48.0 Å². The lowest BCUT2D eigenvalue weighted by atomic mass is 9.98. The van der Waals surface area contributed by atoms with Crippen molar-refractivity contribution in [3.63, 3.8) is 0 Å². The minimum absolute atomic E-state index is 0.0657. The zero-order chi connectivity index (χ0) is 25.2. The summed E-state index contributed by atoms with van der Waals surface area (Å²) in [4.78, 5) is 21.0. The Balaban J connectivity index is 1.74. The topological polar surface area (TPSA) is 64.1 Å². The van der Waals surface area contributed by atoms with Gasteiger partial charge in [0.05, 0.1) is 22.8 Å². The summed E-state index contributed by atoms with van der Waals surface area (Å²) in [7, 11) is 0. The van der Waals surface area contributed by atoms with E-state index in [4.69, 9.17) is 0 Å². The van der Waals surface area contributed by atoms with Gasteiger partial charge >= 0.3 is 12.5 Å². The predicted octanol–water partition coefficient (Wildman–Crippen LogP) is 6.07. The molecule has 2 aromatic heterocycles. The van der Waals surface area contributed by atoms with Crippen molar-refractivity contribution in [2.45, 2.75) is 18.6 Å². The normalized spacial score (nSPS) is 12.9. The molecule has 0 unspecified atom stereocenters. The second-order valence-corrected chi connectivity index (χ2v) is 7.37. The summed E-state index contributed by atoms with van der Waals surface area (Å²) in [6, 6.07) is 12.7.